The van der Waals surface area contributed by atoms with Crippen LogP contribution in [0.15, 0.2) is 73.1 Å². The number of rotatable bonds is 6. The van der Waals surface area contributed by atoms with Crippen molar-refractivity contribution < 1.29 is 22.6 Å². The second kappa shape index (κ2) is 7.91. The summed E-state index contributed by atoms with van der Waals surface area (Å²) >= 11 is 0. The average Bonchev–Trinajstić information content (AvgIpc) is 2.64. The minimum atomic E-state index is -4.35. The van der Waals surface area contributed by atoms with E-state index in [0.717, 1.165) is 29.9 Å². The second-order valence-electron chi connectivity index (χ2n) is 5.55. The predicted octanol–water partition coefficient (Wildman–Crippen LogP) is 5.51. The third-order valence-corrected chi connectivity index (χ3v) is 3.65. The van der Waals surface area contributed by atoms with E-state index in [4.69, 9.17) is 9.47 Å². The van der Waals surface area contributed by atoms with Crippen LogP contribution < -0.4 is 9.47 Å². The molecule has 0 fully saturated rings. The maximum atomic E-state index is 12.5. The Bertz CT molecular complexity index is 816. The molecule has 0 radical (unpaired) electrons. The largest absolute Gasteiger partial charge is 0.493 e. The van der Waals surface area contributed by atoms with Crippen LogP contribution in [0.1, 0.15) is 11.1 Å². The fraction of sp³-hybridized carbons (Fsp3) is 0.150. The van der Waals surface area contributed by atoms with Crippen molar-refractivity contribution in [2.24, 2.45) is 0 Å². The highest BCUT2D eigenvalue weighted by Crippen LogP contribution is 2.31. The molecule has 0 aliphatic heterocycles. The zero-order valence-corrected chi connectivity index (χ0v) is 13.7. The van der Waals surface area contributed by atoms with Crippen LogP contribution in [-0.2, 0) is 12.6 Å². The molecule has 0 unspecified atom stereocenters. The molecule has 3 aromatic rings. The minimum Gasteiger partial charge on any atom is -0.493 e. The molecule has 0 saturated carbocycles. The van der Waals surface area contributed by atoms with E-state index in [1.54, 1.807) is 36.7 Å². The molecule has 1 heterocycles. The Kier molecular flexibility index (Phi) is 5.41. The topological polar surface area (TPSA) is 31.4 Å². The van der Waals surface area contributed by atoms with Gasteiger partial charge < -0.3 is 9.47 Å². The van der Waals surface area contributed by atoms with Crippen LogP contribution in [0.5, 0.6) is 17.2 Å². The zero-order chi connectivity index (χ0) is 18.4. The first-order valence-electron chi connectivity index (χ1n) is 7.97. The zero-order valence-electron chi connectivity index (χ0n) is 13.7. The standard InChI is InChI=1S/C20H16F3NO2/c21-20(22,23)16-3-7-19(8-4-16)26-18-5-1-15(2-6-18)11-14-25-17-9-12-24-13-10-17/h1-10,12-13H,11,14H2. The molecular formula is C20H16F3NO2. The van der Waals surface area contributed by atoms with E-state index in [-0.39, 0.29) is 0 Å². The Morgan fingerprint density at radius 3 is 1.88 bits per heavy atom. The summed E-state index contributed by atoms with van der Waals surface area (Å²) in [4.78, 5) is 3.92. The van der Waals surface area contributed by atoms with Crippen molar-refractivity contribution in [3.8, 4) is 17.2 Å². The maximum Gasteiger partial charge on any atom is 0.416 e. The van der Waals surface area contributed by atoms with Gasteiger partial charge in [-0.05, 0) is 54.1 Å². The molecule has 2 aromatic carbocycles. The van der Waals surface area contributed by atoms with Crippen molar-refractivity contribution in [1.29, 1.82) is 0 Å². The van der Waals surface area contributed by atoms with Crippen LogP contribution in [-0.4, -0.2) is 11.6 Å². The molecule has 1 aromatic heterocycles. The van der Waals surface area contributed by atoms with Crippen molar-refractivity contribution in [3.63, 3.8) is 0 Å². The first-order valence-corrected chi connectivity index (χ1v) is 7.97. The fourth-order valence-electron chi connectivity index (χ4n) is 2.29. The van der Waals surface area contributed by atoms with Gasteiger partial charge in [0.2, 0.25) is 0 Å². The molecule has 0 N–H and O–H groups in total. The Morgan fingerprint density at radius 1 is 0.731 bits per heavy atom. The van der Waals surface area contributed by atoms with E-state index in [9.17, 15) is 13.2 Å². The molecule has 3 nitrogen and oxygen atoms in total. The van der Waals surface area contributed by atoms with Gasteiger partial charge in [0.1, 0.15) is 17.2 Å². The number of ether oxygens (including phenoxy) is 2. The molecule has 0 aliphatic carbocycles. The smallest absolute Gasteiger partial charge is 0.416 e. The van der Waals surface area contributed by atoms with Crippen LogP contribution in [0.2, 0.25) is 0 Å². The van der Waals surface area contributed by atoms with Gasteiger partial charge in [-0.15, -0.1) is 0 Å². The molecule has 3 rings (SSSR count). The summed E-state index contributed by atoms with van der Waals surface area (Å²) in [6.45, 7) is 0.531. The van der Waals surface area contributed by atoms with E-state index in [1.807, 2.05) is 12.1 Å². The predicted molar refractivity (Wildman–Crippen MR) is 91.4 cm³/mol. The van der Waals surface area contributed by atoms with Crippen LogP contribution >= 0.6 is 0 Å². The summed E-state index contributed by atoms with van der Waals surface area (Å²) in [5, 5.41) is 0. The minimum absolute atomic E-state index is 0.353. The average molecular weight is 359 g/mol. The summed E-state index contributed by atoms with van der Waals surface area (Å²) in [5.74, 6) is 1.68. The van der Waals surface area contributed by atoms with E-state index in [2.05, 4.69) is 4.98 Å². The lowest BCUT2D eigenvalue weighted by Gasteiger charge is -2.10. The molecule has 0 saturated heterocycles. The monoisotopic (exact) mass is 359 g/mol. The number of nitrogens with zero attached hydrogens (tertiary/aromatic N) is 1. The Balaban J connectivity index is 1.52. The fourth-order valence-corrected chi connectivity index (χ4v) is 2.29. The van der Waals surface area contributed by atoms with Gasteiger partial charge in [0.15, 0.2) is 0 Å². The molecular weight excluding hydrogens is 343 g/mol. The number of pyridine rings is 1. The highest BCUT2D eigenvalue weighted by molar-refractivity contribution is 5.35. The van der Waals surface area contributed by atoms with Crippen LogP contribution in [0.4, 0.5) is 13.2 Å². The Morgan fingerprint density at radius 2 is 1.31 bits per heavy atom. The molecule has 134 valence electrons. The number of halogens is 3. The lowest BCUT2D eigenvalue weighted by molar-refractivity contribution is -0.137. The highest BCUT2D eigenvalue weighted by Gasteiger charge is 2.30. The normalized spacial score (nSPS) is 11.2. The van der Waals surface area contributed by atoms with Crippen molar-refractivity contribution in [3.05, 3.63) is 84.2 Å². The van der Waals surface area contributed by atoms with Crippen LogP contribution in [0.3, 0.4) is 0 Å². The van der Waals surface area contributed by atoms with Gasteiger partial charge in [0, 0.05) is 18.8 Å². The number of hydrogen-bond acceptors (Lipinski definition) is 3. The number of alkyl halides is 3. The molecule has 0 atom stereocenters. The van der Waals surface area contributed by atoms with E-state index < -0.39 is 11.7 Å². The van der Waals surface area contributed by atoms with Gasteiger partial charge >= 0.3 is 6.18 Å². The molecule has 0 aliphatic rings. The van der Waals surface area contributed by atoms with Gasteiger partial charge in [0.05, 0.1) is 12.2 Å². The third kappa shape index (κ3) is 4.99. The first-order chi connectivity index (χ1) is 12.5. The van der Waals surface area contributed by atoms with Gasteiger partial charge in [-0.2, -0.15) is 13.2 Å². The molecule has 26 heavy (non-hydrogen) atoms. The summed E-state index contributed by atoms with van der Waals surface area (Å²) in [5.41, 5.74) is 0.369. The molecule has 6 heteroatoms. The van der Waals surface area contributed by atoms with E-state index in [0.29, 0.717) is 18.1 Å². The van der Waals surface area contributed by atoms with Crippen LogP contribution in [0.25, 0.3) is 0 Å². The highest BCUT2D eigenvalue weighted by atomic mass is 19.4. The molecule has 0 spiro atoms. The summed E-state index contributed by atoms with van der Waals surface area (Å²) < 4.78 is 48.8. The van der Waals surface area contributed by atoms with Gasteiger partial charge in [-0.25, -0.2) is 0 Å². The summed E-state index contributed by atoms with van der Waals surface area (Å²) in [6, 6.07) is 15.5. The van der Waals surface area contributed by atoms with E-state index >= 15 is 0 Å². The lowest BCUT2D eigenvalue weighted by Crippen LogP contribution is -2.04. The second-order valence-corrected chi connectivity index (χ2v) is 5.55. The molecule has 0 bridgehead atoms. The summed E-state index contributed by atoms with van der Waals surface area (Å²) in [6.07, 6.45) is -0.285. The molecule has 0 amide bonds. The quantitative estimate of drug-likeness (QED) is 0.581. The lowest BCUT2D eigenvalue weighted by atomic mass is 10.1. The summed E-state index contributed by atoms with van der Waals surface area (Å²) in [7, 11) is 0. The third-order valence-electron chi connectivity index (χ3n) is 3.65. The van der Waals surface area contributed by atoms with Crippen molar-refractivity contribution in [2.75, 3.05) is 6.61 Å². The van der Waals surface area contributed by atoms with Gasteiger partial charge in [-0.3, -0.25) is 4.98 Å². The first kappa shape index (κ1) is 17.8. The Hall–Kier alpha value is -3.02. The van der Waals surface area contributed by atoms with Crippen molar-refractivity contribution in [1.82, 2.24) is 4.98 Å². The van der Waals surface area contributed by atoms with E-state index in [1.165, 1.54) is 12.1 Å². The Labute approximate surface area is 149 Å². The van der Waals surface area contributed by atoms with Gasteiger partial charge in [-0.1, -0.05) is 12.1 Å². The maximum absolute atomic E-state index is 12.5. The van der Waals surface area contributed by atoms with Crippen molar-refractivity contribution >= 4 is 0 Å². The number of aromatic nitrogens is 1. The van der Waals surface area contributed by atoms with Crippen molar-refractivity contribution in [2.45, 2.75) is 12.6 Å². The van der Waals surface area contributed by atoms with Gasteiger partial charge in [0.25, 0.3) is 0 Å². The number of hydrogen-bond donors (Lipinski definition) is 0. The SMILES string of the molecule is FC(F)(F)c1ccc(Oc2ccc(CCOc3ccncc3)cc2)cc1. The number of benzene rings is 2. The van der Waals surface area contributed by atoms with Crippen LogP contribution in [0, 0.1) is 0 Å².